The summed E-state index contributed by atoms with van der Waals surface area (Å²) in [4.78, 5) is 40.8. The second-order valence-electron chi connectivity index (χ2n) is 8.13. The topological polar surface area (TPSA) is 100 Å². The first kappa shape index (κ1) is 23.2. The number of benzene rings is 2. The number of carbonyl (C=O) groups is 3. The maximum atomic E-state index is 12.8. The van der Waals surface area contributed by atoms with Crippen LogP contribution in [0.2, 0.25) is 0 Å². The van der Waals surface area contributed by atoms with Gasteiger partial charge in [-0.15, -0.1) is 0 Å². The molecule has 0 atom stereocenters. The number of nitrogens with one attached hydrogen (secondary N) is 2. The number of piperidine rings is 1. The summed E-state index contributed by atoms with van der Waals surface area (Å²) in [6.07, 6.45) is 5.14. The van der Waals surface area contributed by atoms with Gasteiger partial charge in [-0.3, -0.25) is 9.59 Å². The number of imide groups is 1. The molecule has 2 fully saturated rings. The fraction of sp³-hybridized carbons (Fsp3) is 0.320. The van der Waals surface area contributed by atoms with Crippen molar-refractivity contribution < 1.29 is 23.9 Å². The van der Waals surface area contributed by atoms with E-state index in [0.717, 1.165) is 36.5 Å². The Morgan fingerprint density at radius 3 is 2.44 bits per heavy atom. The van der Waals surface area contributed by atoms with E-state index in [2.05, 4.69) is 15.5 Å². The van der Waals surface area contributed by atoms with Gasteiger partial charge in [0.25, 0.3) is 5.91 Å². The van der Waals surface area contributed by atoms with Crippen LogP contribution >= 0.6 is 0 Å². The molecule has 34 heavy (non-hydrogen) atoms. The Morgan fingerprint density at radius 1 is 1.03 bits per heavy atom. The van der Waals surface area contributed by atoms with E-state index in [1.54, 1.807) is 44.6 Å². The van der Waals surface area contributed by atoms with Crippen molar-refractivity contribution in [3.05, 3.63) is 53.7 Å². The molecule has 2 aromatic rings. The van der Waals surface area contributed by atoms with Gasteiger partial charge >= 0.3 is 6.03 Å². The zero-order valence-corrected chi connectivity index (χ0v) is 19.3. The van der Waals surface area contributed by atoms with E-state index in [1.165, 1.54) is 6.42 Å². The van der Waals surface area contributed by atoms with Crippen molar-refractivity contribution in [2.45, 2.75) is 19.3 Å². The first-order valence-electron chi connectivity index (χ1n) is 11.2. The molecule has 9 nitrogen and oxygen atoms in total. The van der Waals surface area contributed by atoms with Crippen LogP contribution in [0.1, 0.15) is 24.8 Å². The van der Waals surface area contributed by atoms with Crippen LogP contribution in [0, 0.1) is 0 Å². The molecule has 0 bridgehead atoms. The minimum Gasteiger partial charge on any atom is -0.497 e. The molecule has 2 saturated heterocycles. The van der Waals surface area contributed by atoms with Crippen LogP contribution in [0.15, 0.2) is 48.2 Å². The Morgan fingerprint density at radius 2 is 1.76 bits per heavy atom. The van der Waals surface area contributed by atoms with E-state index in [4.69, 9.17) is 9.47 Å². The summed E-state index contributed by atoms with van der Waals surface area (Å²) in [5.41, 5.74) is 2.35. The van der Waals surface area contributed by atoms with Crippen molar-refractivity contribution in [3.63, 3.8) is 0 Å². The van der Waals surface area contributed by atoms with Gasteiger partial charge in [0.05, 0.1) is 14.2 Å². The summed E-state index contributed by atoms with van der Waals surface area (Å²) in [7, 11) is 3.12. The summed E-state index contributed by atoms with van der Waals surface area (Å²) >= 11 is 0. The number of hydrogen-bond donors (Lipinski definition) is 2. The normalized spacial score (nSPS) is 17.1. The molecule has 178 valence electrons. The third kappa shape index (κ3) is 5.14. The first-order valence-corrected chi connectivity index (χ1v) is 11.2. The molecule has 0 radical (unpaired) electrons. The second-order valence-corrected chi connectivity index (χ2v) is 8.13. The van der Waals surface area contributed by atoms with Gasteiger partial charge in [0.1, 0.15) is 23.7 Å². The highest BCUT2D eigenvalue weighted by Crippen LogP contribution is 2.29. The average molecular weight is 465 g/mol. The van der Waals surface area contributed by atoms with Crippen LogP contribution < -0.4 is 25.0 Å². The number of urea groups is 1. The first-order chi connectivity index (χ1) is 16.5. The largest absolute Gasteiger partial charge is 0.497 e. The summed E-state index contributed by atoms with van der Waals surface area (Å²) in [6.45, 7) is 1.61. The van der Waals surface area contributed by atoms with Crippen molar-refractivity contribution in [1.82, 2.24) is 10.2 Å². The molecule has 0 spiro atoms. The molecule has 2 aliphatic heterocycles. The van der Waals surface area contributed by atoms with E-state index >= 15 is 0 Å². The van der Waals surface area contributed by atoms with Crippen LogP contribution in [0.4, 0.5) is 16.2 Å². The number of amides is 4. The molecule has 4 rings (SSSR count). The molecule has 2 aliphatic rings. The Labute approximate surface area is 198 Å². The molecule has 0 aliphatic carbocycles. The summed E-state index contributed by atoms with van der Waals surface area (Å²) in [5, 5.41) is 5.22. The zero-order chi connectivity index (χ0) is 24.1. The van der Waals surface area contributed by atoms with Crippen molar-refractivity contribution in [2.75, 3.05) is 44.1 Å². The standard InChI is InChI=1S/C25H28N4O5/c1-33-20-10-7-18(8-11-20)26-23(30)16-29-24(31)21(27-25(29)32)14-17-6-9-19(15-22(17)34-2)28-12-4-3-5-13-28/h6-11,14-15H,3-5,12-13,16H2,1-2H3,(H,26,30)(H,27,32)/b21-14-. The van der Waals surface area contributed by atoms with Gasteiger partial charge in [-0.25, -0.2) is 9.69 Å². The van der Waals surface area contributed by atoms with Gasteiger partial charge in [-0.05, 0) is 61.7 Å². The number of ether oxygens (including phenoxy) is 2. The summed E-state index contributed by atoms with van der Waals surface area (Å²) < 4.78 is 10.6. The van der Waals surface area contributed by atoms with E-state index < -0.39 is 24.4 Å². The van der Waals surface area contributed by atoms with Crippen LogP contribution in [0.3, 0.4) is 0 Å². The number of rotatable bonds is 7. The zero-order valence-electron chi connectivity index (χ0n) is 19.3. The van der Waals surface area contributed by atoms with Crippen molar-refractivity contribution in [3.8, 4) is 11.5 Å². The third-order valence-electron chi connectivity index (χ3n) is 5.88. The molecular weight excluding hydrogens is 436 g/mol. The van der Waals surface area contributed by atoms with Gasteiger partial charge in [-0.1, -0.05) is 0 Å². The maximum Gasteiger partial charge on any atom is 0.329 e. The quantitative estimate of drug-likeness (QED) is 0.482. The Kier molecular flexibility index (Phi) is 7.01. The summed E-state index contributed by atoms with van der Waals surface area (Å²) in [5.74, 6) is 0.199. The van der Waals surface area contributed by atoms with Crippen molar-refractivity contribution in [2.24, 2.45) is 0 Å². The molecule has 9 heteroatoms. The third-order valence-corrected chi connectivity index (χ3v) is 5.88. The fourth-order valence-electron chi connectivity index (χ4n) is 4.06. The van der Waals surface area contributed by atoms with Gasteiger partial charge in [-0.2, -0.15) is 0 Å². The maximum absolute atomic E-state index is 12.8. The van der Waals surface area contributed by atoms with Crippen LogP contribution in [0.25, 0.3) is 6.08 Å². The Hall–Kier alpha value is -4.01. The van der Waals surface area contributed by atoms with Crippen LogP contribution in [-0.2, 0) is 9.59 Å². The van der Waals surface area contributed by atoms with Gasteiger partial charge < -0.3 is 25.0 Å². The lowest BCUT2D eigenvalue weighted by molar-refractivity contribution is -0.127. The number of nitrogens with zero attached hydrogens (tertiary/aromatic N) is 2. The van der Waals surface area contributed by atoms with Crippen LogP contribution in [0.5, 0.6) is 11.5 Å². The minimum atomic E-state index is -0.648. The van der Waals surface area contributed by atoms with E-state index in [9.17, 15) is 14.4 Å². The Balaban J connectivity index is 1.45. The highest BCUT2D eigenvalue weighted by atomic mass is 16.5. The SMILES string of the molecule is COc1ccc(NC(=O)CN2C(=O)N/C(=C\c3ccc(N4CCCCC4)cc3OC)C2=O)cc1. The number of hydrogen-bond acceptors (Lipinski definition) is 6. The molecule has 0 saturated carbocycles. The lowest BCUT2D eigenvalue weighted by Gasteiger charge is -2.29. The van der Waals surface area contributed by atoms with Crippen LogP contribution in [-0.4, -0.2) is 56.6 Å². The lowest BCUT2D eigenvalue weighted by Crippen LogP contribution is -2.38. The van der Waals surface area contributed by atoms with Gasteiger partial charge in [0.15, 0.2) is 0 Å². The van der Waals surface area contributed by atoms with Gasteiger partial charge in [0, 0.05) is 36.1 Å². The monoisotopic (exact) mass is 464 g/mol. The smallest absolute Gasteiger partial charge is 0.329 e. The molecule has 2 heterocycles. The van der Waals surface area contributed by atoms with Crippen molar-refractivity contribution in [1.29, 1.82) is 0 Å². The molecule has 2 N–H and O–H groups in total. The molecule has 2 aromatic carbocycles. The van der Waals surface area contributed by atoms with E-state index in [1.807, 2.05) is 18.2 Å². The Bertz CT molecular complexity index is 1110. The number of methoxy groups -OCH3 is 2. The minimum absolute atomic E-state index is 0.0891. The number of carbonyl (C=O) groups excluding carboxylic acids is 3. The highest BCUT2D eigenvalue weighted by molar-refractivity contribution is 6.16. The second kappa shape index (κ2) is 10.3. The average Bonchev–Trinajstić information content (AvgIpc) is 3.12. The number of anilines is 2. The predicted molar refractivity (Wildman–Crippen MR) is 129 cm³/mol. The predicted octanol–water partition coefficient (Wildman–Crippen LogP) is 3.23. The molecule has 0 unspecified atom stereocenters. The fourth-order valence-corrected chi connectivity index (χ4v) is 4.06. The molecule has 4 amide bonds. The molecule has 0 aromatic heterocycles. The van der Waals surface area contributed by atoms with E-state index in [-0.39, 0.29) is 5.70 Å². The summed E-state index contributed by atoms with van der Waals surface area (Å²) in [6, 6.07) is 11.9. The van der Waals surface area contributed by atoms with Crippen molar-refractivity contribution >= 4 is 35.3 Å². The molecular formula is C25H28N4O5. The highest BCUT2D eigenvalue weighted by Gasteiger charge is 2.35. The van der Waals surface area contributed by atoms with Gasteiger partial charge in [0.2, 0.25) is 5.91 Å². The lowest BCUT2D eigenvalue weighted by atomic mass is 10.1. The van der Waals surface area contributed by atoms with E-state index in [0.29, 0.717) is 22.7 Å².